The second-order valence-corrected chi connectivity index (χ2v) is 3.61. The molecule has 0 saturated heterocycles. The molecule has 3 heteroatoms. The van der Waals surface area contributed by atoms with Gasteiger partial charge in [0.05, 0.1) is 6.20 Å². The minimum atomic E-state index is 0.450. The summed E-state index contributed by atoms with van der Waals surface area (Å²) in [5, 5.41) is 7.67. The number of aryl methyl sites for hydroxylation is 1. The fourth-order valence-corrected chi connectivity index (χ4v) is 1.36. The van der Waals surface area contributed by atoms with Crippen LogP contribution in [0.15, 0.2) is 12.4 Å². The average molecular weight is 165 g/mol. The summed E-state index contributed by atoms with van der Waals surface area (Å²) in [5.74, 6) is 0. The van der Waals surface area contributed by atoms with Gasteiger partial charge in [-0.25, -0.2) is 0 Å². The molecule has 0 aromatic carbocycles. The molecule has 1 aromatic heterocycles. The first-order valence-electron chi connectivity index (χ1n) is 4.50. The molecule has 1 aliphatic carbocycles. The third kappa shape index (κ3) is 1.67. The van der Waals surface area contributed by atoms with Crippen molar-refractivity contribution in [3.05, 3.63) is 18.0 Å². The van der Waals surface area contributed by atoms with E-state index in [2.05, 4.69) is 23.5 Å². The van der Waals surface area contributed by atoms with Crippen LogP contribution in [0.5, 0.6) is 0 Å². The van der Waals surface area contributed by atoms with Crippen molar-refractivity contribution in [2.75, 3.05) is 0 Å². The molecule has 1 aromatic rings. The van der Waals surface area contributed by atoms with E-state index in [-0.39, 0.29) is 0 Å². The molecular formula is C9H15N3. The SMILES string of the molecule is C[C@@H](NC1CC1)c1cnn(C)c1. The molecule has 1 N–H and O–H groups in total. The number of hydrogen-bond donors (Lipinski definition) is 1. The van der Waals surface area contributed by atoms with Crippen LogP contribution in [0.25, 0.3) is 0 Å². The van der Waals surface area contributed by atoms with Crippen LogP contribution >= 0.6 is 0 Å². The van der Waals surface area contributed by atoms with Crippen LogP contribution in [0, 0.1) is 0 Å². The Hall–Kier alpha value is -0.830. The van der Waals surface area contributed by atoms with Crippen LogP contribution in [-0.4, -0.2) is 15.8 Å². The Kier molecular flexibility index (Phi) is 1.89. The van der Waals surface area contributed by atoms with E-state index < -0.39 is 0 Å². The van der Waals surface area contributed by atoms with Crippen LogP contribution in [-0.2, 0) is 7.05 Å². The first-order chi connectivity index (χ1) is 5.75. The third-order valence-electron chi connectivity index (χ3n) is 2.29. The largest absolute Gasteiger partial charge is 0.307 e. The van der Waals surface area contributed by atoms with Gasteiger partial charge in [-0.05, 0) is 19.8 Å². The molecule has 1 fully saturated rings. The zero-order valence-electron chi connectivity index (χ0n) is 7.62. The van der Waals surface area contributed by atoms with E-state index >= 15 is 0 Å². The zero-order chi connectivity index (χ0) is 8.55. The van der Waals surface area contributed by atoms with Crippen LogP contribution in [0.4, 0.5) is 0 Å². The fourth-order valence-electron chi connectivity index (χ4n) is 1.36. The smallest absolute Gasteiger partial charge is 0.0537 e. The molecule has 0 aliphatic heterocycles. The highest BCUT2D eigenvalue weighted by Gasteiger charge is 2.23. The second kappa shape index (κ2) is 2.90. The van der Waals surface area contributed by atoms with Crippen LogP contribution in [0.1, 0.15) is 31.4 Å². The van der Waals surface area contributed by atoms with Crippen molar-refractivity contribution in [3.8, 4) is 0 Å². The van der Waals surface area contributed by atoms with E-state index in [4.69, 9.17) is 0 Å². The van der Waals surface area contributed by atoms with Gasteiger partial charge in [-0.3, -0.25) is 4.68 Å². The highest BCUT2D eigenvalue weighted by atomic mass is 15.2. The fraction of sp³-hybridized carbons (Fsp3) is 0.667. The predicted molar refractivity (Wildman–Crippen MR) is 47.8 cm³/mol. The van der Waals surface area contributed by atoms with E-state index in [0.29, 0.717) is 6.04 Å². The van der Waals surface area contributed by atoms with E-state index in [1.807, 2.05) is 17.9 Å². The quantitative estimate of drug-likeness (QED) is 0.730. The van der Waals surface area contributed by atoms with Gasteiger partial charge in [0.15, 0.2) is 0 Å². The van der Waals surface area contributed by atoms with E-state index in [1.54, 1.807) is 0 Å². The molecule has 66 valence electrons. The second-order valence-electron chi connectivity index (χ2n) is 3.61. The maximum atomic E-state index is 4.14. The summed E-state index contributed by atoms with van der Waals surface area (Å²) in [5.41, 5.74) is 1.28. The van der Waals surface area contributed by atoms with E-state index in [9.17, 15) is 0 Å². The number of rotatable bonds is 3. The summed E-state index contributed by atoms with van der Waals surface area (Å²) in [6, 6.07) is 1.21. The zero-order valence-corrected chi connectivity index (χ0v) is 7.62. The number of hydrogen-bond acceptors (Lipinski definition) is 2. The first kappa shape index (κ1) is 7.80. The van der Waals surface area contributed by atoms with Crippen LogP contribution in [0.3, 0.4) is 0 Å². The maximum Gasteiger partial charge on any atom is 0.0537 e. The minimum absolute atomic E-state index is 0.450. The Labute approximate surface area is 72.8 Å². The van der Waals surface area contributed by atoms with Gasteiger partial charge < -0.3 is 5.32 Å². The molecule has 12 heavy (non-hydrogen) atoms. The molecule has 0 radical (unpaired) electrons. The van der Waals surface area contributed by atoms with Gasteiger partial charge in [0.25, 0.3) is 0 Å². The van der Waals surface area contributed by atoms with Crippen molar-refractivity contribution < 1.29 is 0 Å². The molecule has 0 spiro atoms. The molecule has 1 atom stereocenters. The summed E-state index contributed by atoms with van der Waals surface area (Å²) in [4.78, 5) is 0. The topological polar surface area (TPSA) is 29.9 Å². The predicted octanol–water partition coefficient (Wildman–Crippen LogP) is 1.23. The molecule has 0 bridgehead atoms. The summed E-state index contributed by atoms with van der Waals surface area (Å²) >= 11 is 0. The Morgan fingerprint density at radius 3 is 2.92 bits per heavy atom. The number of aromatic nitrogens is 2. The van der Waals surface area contributed by atoms with Gasteiger partial charge in [0.2, 0.25) is 0 Å². The molecule has 0 unspecified atom stereocenters. The Bertz CT molecular complexity index is 262. The first-order valence-corrected chi connectivity index (χ1v) is 4.50. The van der Waals surface area contributed by atoms with Gasteiger partial charge in [-0.1, -0.05) is 0 Å². The lowest BCUT2D eigenvalue weighted by Gasteiger charge is -2.09. The van der Waals surface area contributed by atoms with Crippen molar-refractivity contribution in [2.45, 2.75) is 31.8 Å². The van der Waals surface area contributed by atoms with E-state index in [0.717, 1.165) is 6.04 Å². The monoisotopic (exact) mass is 165 g/mol. The lowest BCUT2D eigenvalue weighted by atomic mass is 10.2. The maximum absolute atomic E-state index is 4.14. The van der Waals surface area contributed by atoms with Crippen LogP contribution < -0.4 is 5.32 Å². The lowest BCUT2D eigenvalue weighted by Crippen LogP contribution is -2.20. The van der Waals surface area contributed by atoms with Crippen molar-refractivity contribution in [1.82, 2.24) is 15.1 Å². The molecular weight excluding hydrogens is 150 g/mol. The standard InChI is InChI=1S/C9H15N3/c1-7(11-9-3-4-9)8-5-10-12(2)6-8/h5-7,9,11H,3-4H2,1-2H3/t7-/m1/s1. The lowest BCUT2D eigenvalue weighted by molar-refractivity contribution is 0.570. The molecule has 1 heterocycles. The van der Waals surface area contributed by atoms with Gasteiger partial charge >= 0.3 is 0 Å². The van der Waals surface area contributed by atoms with Crippen molar-refractivity contribution in [1.29, 1.82) is 0 Å². The molecule has 3 nitrogen and oxygen atoms in total. The number of nitrogens with one attached hydrogen (secondary N) is 1. The third-order valence-corrected chi connectivity index (χ3v) is 2.29. The molecule has 1 saturated carbocycles. The molecule has 1 aliphatic rings. The Morgan fingerprint density at radius 1 is 1.67 bits per heavy atom. The van der Waals surface area contributed by atoms with Gasteiger partial charge in [-0.15, -0.1) is 0 Å². The summed E-state index contributed by atoms with van der Waals surface area (Å²) in [6.07, 6.45) is 6.68. The highest BCUT2D eigenvalue weighted by molar-refractivity contribution is 5.09. The van der Waals surface area contributed by atoms with Crippen LogP contribution in [0.2, 0.25) is 0 Å². The van der Waals surface area contributed by atoms with Crippen molar-refractivity contribution in [2.24, 2.45) is 7.05 Å². The normalized spacial score (nSPS) is 19.5. The van der Waals surface area contributed by atoms with Gasteiger partial charge in [-0.2, -0.15) is 5.10 Å². The summed E-state index contributed by atoms with van der Waals surface area (Å²) in [6.45, 7) is 2.19. The van der Waals surface area contributed by atoms with Crippen molar-refractivity contribution in [3.63, 3.8) is 0 Å². The van der Waals surface area contributed by atoms with E-state index in [1.165, 1.54) is 18.4 Å². The van der Waals surface area contributed by atoms with Crippen molar-refractivity contribution >= 4 is 0 Å². The average Bonchev–Trinajstić information content (AvgIpc) is 2.72. The highest BCUT2D eigenvalue weighted by Crippen LogP contribution is 2.23. The number of nitrogens with zero attached hydrogens (tertiary/aromatic N) is 2. The summed E-state index contributed by atoms with van der Waals surface area (Å²) < 4.78 is 1.85. The Morgan fingerprint density at radius 2 is 2.42 bits per heavy atom. The summed E-state index contributed by atoms with van der Waals surface area (Å²) in [7, 11) is 1.95. The minimum Gasteiger partial charge on any atom is -0.307 e. The molecule has 0 amide bonds. The Balaban J connectivity index is 1.97. The molecule has 2 rings (SSSR count). The van der Waals surface area contributed by atoms with Gasteiger partial charge in [0, 0.05) is 30.9 Å². The van der Waals surface area contributed by atoms with Gasteiger partial charge in [0.1, 0.15) is 0 Å².